The van der Waals surface area contributed by atoms with Gasteiger partial charge in [-0.1, -0.05) is 6.07 Å². The van der Waals surface area contributed by atoms with Gasteiger partial charge in [-0.3, -0.25) is 4.98 Å². The van der Waals surface area contributed by atoms with E-state index in [9.17, 15) is 8.42 Å². The highest BCUT2D eigenvalue weighted by atomic mass is 32.2. The number of nitrogens with one attached hydrogen (secondary N) is 1. The van der Waals surface area contributed by atoms with Gasteiger partial charge in [-0.05, 0) is 24.6 Å². The number of rotatable bonds is 5. The lowest BCUT2D eigenvalue weighted by atomic mass is 10.2. The Labute approximate surface area is 118 Å². The molecule has 0 aromatic carbocycles. The van der Waals surface area contributed by atoms with E-state index in [1.807, 2.05) is 19.1 Å². The van der Waals surface area contributed by atoms with Gasteiger partial charge in [0.15, 0.2) is 0 Å². The number of aliphatic hydroxyl groups is 1. The molecule has 0 saturated carbocycles. The molecule has 2 N–H and O–H groups in total. The van der Waals surface area contributed by atoms with Gasteiger partial charge in [0.05, 0.1) is 11.5 Å². The van der Waals surface area contributed by atoms with Crippen LogP contribution in [0.1, 0.15) is 17.0 Å². The standard InChI is InChI=1S/C13H17N3O3S/c1-10-3-4-11(6-14-10)7-15-20(18,19)13-5-12(9-17)16(2)8-13/h3-6,8,15,17H,7,9H2,1-2H3. The maximum absolute atomic E-state index is 12.1. The van der Waals surface area contributed by atoms with Crippen LogP contribution in [0.25, 0.3) is 0 Å². The molecule has 0 bridgehead atoms. The smallest absolute Gasteiger partial charge is 0.242 e. The molecule has 2 aromatic rings. The summed E-state index contributed by atoms with van der Waals surface area (Å²) in [5, 5.41) is 9.09. The van der Waals surface area contributed by atoms with E-state index in [4.69, 9.17) is 5.11 Å². The molecule has 7 heteroatoms. The number of hydrogen-bond donors (Lipinski definition) is 2. The average Bonchev–Trinajstić information content (AvgIpc) is 2.80. The van der Waals surface area contributed by atoms with Crippen molar-refractivity contribution >= 4 is 10.0 Å². The van der Waals surface area contributed by atoms with E-state index in [-0.39, 0.29) is 18.0 Å². The van der Waals surface area contributed by atoms with Crippen molar-refractivity contribution in [1.82, 2.24) is 14.3 Å². The Balaban J connectivity index is 2.12. The van der Waals surface area contributed by atoms with Crippen molar-refractivity contribution in [1.29, 1.82) is 0 Å². The highest BCUT2D eigenvalue weighted by Gasteiger charge is 2.17. The second kappa shape index (κ2) is 5.74. The van der Waals surface area contributed by atoms with E-state index in [2.05, 4.69) is 9.71 Å². The van der Waals surface area contributed by atoms with Crippen molar-refractivity contribution in [3.63, 3.8) is 0 Å². The summed E-state index contributed by atoms with van der Waals surface area (Å²) < 4.78 is 28.4. The molecular weight excluding hydrogens is 278 g/mol. The van der Waals surface area contributed by atoms with Gasteiger partial charge in [-0.25, -0.2) is 13.1 Å². The molecule has 0 amide bonds. The zero-order valence-electron chi connectivity index (χ0n) is 11.4. The summed E-state index contributed by atoms with van der Waals surface area (Å²) in [6.07, 6.45) is 3.11. The Kier molecular flexibility index (Phi) is 4.22. The number of pyridine rings is 1. The summed E-state index contributed by atoms with van der Waals surface area (Å²) in [4.78, 5) is 4.25. The van der Waals surface area contributed by atoms with Crippen LogP contribution in [0.15, 0.2) is 35.5 Å². The predicted molar refractivity (Wildman–Crippen MR) is 74.3 cm³/mol. The maximum Gasteiger partial charge on any atom is 0.242 e. The first kappa shape index (κ1) is 14.7. The Morgan fingerprint density at radius 1 is 1.40 bits per heavy atom. The van der Waals surface area contributed by atoms with Gasteiger partial charge < -0.3 is 9.67 Å². The fourth-order valence-electron chi connectivity index (χ4n) is 1.75. The Bertz CT molecular complexity index is 690. The molecule has 0 unspecified atom stereocenters. The molecule has 0 atom stereocenters. The summed E-state index contributed by atoms with van der Waals surface area (Å²) in [6, 6.07) is 5.11. The lowest BCUT2D eigenvalue weighted by Gasteiger charge is -2.05. The normalized spacial score (nSPS) is 11.8. The topological polar surface area (TPSA) is 84.2 Å². The van der Waals surface area contributed by atoms with E-state index in [1.165, 1.54) is 12.3 Å². The van der Waals surface area contributed by atoms with E-state index >= 15 is 0 Å². The van der Waals surface area contributed by atoms with Crippen LogP contribution in [0.4, 0.5) is 0 Å². The van der Waals surface area contributed by atoms with Crippen molar-refractivity contribution in [2.24, 2.45) is 7.05 Å². The molecule has 0 aliphatic rings. The first-order valence-electron chi connectivity index (χ1n) is 6.09. The predicted octanol–water partition coefficient (Wildman–Crippen LogP) is 0.699. The lowest BCUT2D eigenvalue weighted by molar-refractivity contribution is 0.272. The Hall–Kier alpha value is -1.70. The summed E-state index contributed by atoms with van der Waals surface area (Å²) >= 11 is 0. The minimum atomic E-state index is -3.59. The first-order valence-corrected chi connectivity index (χ1v) is 7.58. The fraction of sp³-hybridized carbons (Fsp3) is 0.308. The molecule has 0 fully saturated rings. The Morgan fingerprint density at radius 3 is 2.70 bits per heavy atom. The highest BCUT2D eigenvalue weighted by Crippen LogP contribution is 2.13. The van der Waals surface area contributed by atoms with Gasteiger partial charge in [0.1, 0.15) is 0 Å². The van der Waals surface area contributed by atoms with Crippen LogP contribution >= 0.6 is 0 Å². The molecule has 20 heavy (non-hydrogen) atoms. The lowest BCUT2D eigenvalue weighted by Crippen LogP contribution is -2.23. The van der Waals surface area contributed by atoms with E-state index in [0.29, 0.717) is 5.69 Å². The summed E-state index contributed by atoms with van der Waals surface area (Å²) in [7, 11) is -1.90. The molecule has 108 valence electrons. The third kappa shape index (κ3) is 3.24. The molecular formula is C13H17N3O3S. The van der Waals surface area contributed by atoms with Crippen LogP contribution in [-0.4, -0.2) is 23.1 Å². The minimum Gasteiger partial charge on any atom is -0.390 e. The van der Waals surface area contributed by atoms with Crippen LogP contribution in [0.2, 0.25) is 0 Å². The van der Waals surface area contributed by atoms with Gasteiger partial charge in [0.25, 0.3) is 0 Å². The molecule has 2 heterocycles. The van der Waals surface area contributed by atoms with E-state index in [1.54, 1.807) is 17.8 Å². The quantitative estimate of drug-likeness (QED) is 0.850. The van der Waals surface area contributed by atoms with Gasteiger partial charge >= 0.3 is 0 Å². The molecule has 0 radical (unpaired) electrons. The van der Waals surface area contributed by atoms with Crippen molar-refractivity contribution < 1.29 is 13.5 Å². The van der Waals surface area contributed by atoms with Gasteiger partial charge in [-0.15, -0.1) is 0 Å². The number of hydrogen-bond acceptors (Lipinski definition) is 4. The van der Waals surface area contributed by atoms with Crippen LogP contribution in [0, 0.1) is 6.92 Å². The molecule has 2 rings (SSSR count). The largest absolute Gasteiger partial charge is 0.390 e. The second-order valence-corrected chi connectivity index (χ2v) is 6.34. The number of aliphatic hydroxyl groups excluding tert-OH is 1. The zero-order valence-corrected chi connectivity index (χ0v) is 12.2. The molecule has 0 saturated heterocycles. The van der Waals surface area contributed by atoms with Gasteiger partial charge in [0.2, 0.25) is 10.0 Å². The average molecular weight is 295 g/mol. The molecule has 2 aromatic heterocycles. The number of aryl methyl sites for hydroxylation is 2. The van der Waals surface area contributed by atoms with Crippen LogP contribution < -0.4 is 4.72 Å². The molecule has 0 spiro atoms. The second-order valence-electron chi connectivity index (χ2n) is 4.57. The molecule has 0 aliphatic heterocycles. The van der Waals surface area contributed by atoms with Crippen LogP contribution in [0.5, 0.6) is 0 Å². The van der Waals surface area contributed by atoms with Crippen molar-refractivity contribution in [3.8, 4) is 0 Å². The maximum atomic E-state index is 12.1. The monoisotopic (exact) mass is 295 g/mol. The van der Waals surface area contributed by atoms with E-state index < -0.39 is 10.0 Å². The third-order valence-corrected chi connectivity index (χ3v) is 4.36. The minimum absolute atomic E-state index is 0.143. The van der Waals surface area contributed by atoms with Crippen molar-refractivity contribution in [2.45, 2.75) is 25.0 Å². The zero-order chi connectivity index (χ0) is 14.8. The van der Waals surface area contributed by atoms with Gasteiger partial charge in [0, 0.05) is 37.4 Å². The van der Waals surface area contributed by atoms with Crippen molar-refractivity contribution in [3.05, 3.63) is 47.5 Å². The summed E-state index contributed by atoms with van der Waals surface area (Å²) in [5.41, 5.74) is 2.21. The van der Waals surface area contributed by atoms with Gasteiger partial charge in [-0.2, -0.15) is 0 Å². The number of aromatic nitrogens is 2. The van der Waals surface area contributed by atoms with Crippen molar-refractivity contribution in [2.75, 3.05) is 0 Å². The summed E-state index contributed by atoms with van der Waals surface area (Å²) in [6.45, 7) is 1.85. The van der Waals surface area contributed by atoms with E-state index in [0.717, 1.165) is 11.3 Å². The molecule has 0 aliphatic carbocycles. The van der Waals surface area contributed by atoms with Crippen LogP contribution in [-0.2, 0) is 30.2 Å². The highest BCUT2D eigenvalue weighted by molar-refractivity contribution is 7.89. The first-order chi connectivity index (χ1) is 9.42. The SMILES string of the molecule is Cc1ccc(CNS(=O)(=O)c2cc(CO)n(C)c2)cn1. The third-order valence-electron chi connectivity index (χ3n) is 2.99. The Morgan fingerprint density at radius 2 is 2.15 bits per heavy atom. The fourth-order valence-corrected chi connectivity index (χ4v) is 2.86. The van der Waals surface area contributed by atoms with Crippen LogP contribution in [0.3, 0.4) is 0 Å². The number of sulfonamides is 1. The molecule has 6 nitrogen and oxygen atoms in total. The number of nitrogens with zero attached hydrogens (tertiary/aromatic N) is 2. The summed E-state index contributed by atoms with van der Waals surface area (Å²) in [5.74, 6) is 0.